The Balaban J connectivity index is 1.42. The second-order valence-corrected chi connectivity index (χ2v) is 9.91. The van der Waals surface area contributed by atoms with Gasteiger partial charge >= 0.3 is 12.1 Å². The first-order valence-corrected chi connectivity index (χ1v) is 12.4. The number of carboxylic acids is 1. The van der Waals surface area contributed by atoms with Crippen molar-refractivity contribution in [3.05, 3.63) is 59.7 Å². The molecule has 1 heterocycles. The molecule has 2 aliphatic rings. The van der Waals surface area contributed by atoms with Crippen molar-refractivity contribution in [3.8, 4) is 11.1 Å². The molecule has 2 aromatic carbocycles. The molecule has 2 amide bonds. The molecule has 1 aliphatic carbocycles. The summed E-state index contributed by atoms with van der Waals surface area (Å²) in [5, 5.41) is 12.0. The molecule has 4 atom stereocenters. The molecule has 2 unspecified atom stereocenters. The highest BCUT2D eigenvalue weighted by atomic mass is 16.5. The summed E-state index contributed by atoms with van der Waals surface area (Å²) < 4.78 is 5.67. The van der Waals surface area contributed by atoms with Crippen molar-refractivity contribution >= 4 is 18.0 Å². The Morgan fingerprint density at radius 3 is 2.23 bits per heavy atom. The van der Waals surface area contributed by atoms with Crippen LogP contribution in [0.15, 0.2) is 48.5 Å². The van der Waals surface area contributed by atoms with Crippen LogP contribution in [0.3, 0.4) is 0 Å². The molecule has 186 valence electrons. The van der Waals surface area contributed by atoms with Gasteiger partial charge in [-0.1, -0.05) is 75.7 Å². The fourth-order valence-electron chi connectivity index (χ4n) is 5.35. The number of nitrogens with one attached hydrogen (secondary N) is 1. The quantitative estimate of drug-likeness (QED) is 0.582. The molecule has 1 saturated heterocycles. The van der Waals surface area contributed by atoms with Gasteiger partial charge in [-0.05, 0) is 40.0 Å². The number of rotatable bonds is 8. The Bertz CT molecular complexity index is 1050. The average molecular weight is 479 g/mol. The summed E-state index contributed by atoms with van der Waals surface area (Å²) in [5.74, 6) is -1.15. The maximum atomic E-state index is 13.4. The molecule has 4 rings (SSSR count). The van der Waals surface area contributed by atoms with E-state index in [4.69, 9.17) is 9.84 Å². The second kappa shape index (κ2) is 10.5. The predicted molar refractivity (Wildman–Crippen MR) is 133 cm³/mol. The van der Waals surface area contributed by atoms with Crippen molar-refractivity contribution in [3.63, 3.8) is 0 Å². The minimum absolute atomic E-state index is 0.0404. The van der Waals surface area contributed by atoms with Crippen molar-refractivity contribution in [2.45, 2.75) is 45.6 Å². The number of hydrogen-bond acceptors (Lipinski definition) is 4. The van der Waals surface area contributed by atoms with Crippen LogP contribution in [0.2, 0.25) is 0 Å². The monoisotopic (exact) mass is 478 g/mol. The summed E-state index contributed by atoms with van der Waals surface area (Å²) in [7, 11) is 0. The van der Waals surface area contributed by atoms with Gasteiger partial charge in [0.2, 0.25) is 5.91 Å². The third-order valence-corrected chi connectivity index (χ3v) is 7.61. The van der Waals surface area contributed by atoms with Crippen molar-refractivity contribution in [2.75, 3.05) is 19.7 Å². The number of fused-ring (bicyclic) bond motifs is 3. The second-order valence-electron chi connectivity index (χ2n) is 9.91. The number of carbonyl (C=O) groups is 3. The maximum Gasteiger partial charge on any atom is 0.407 e. The number of amides is 2. The van der Waals surface area contributed by atoms with Gasteiger partial charge in [0.05, 0.1) is 6.42 Å². The Morgan fingerprint density at radius 1 is 1.06 bits per heavy atom. The smallest absolute Gasteiger partial charge is 0.407 e. The topological polar surface area (TPSA) is 95.9 Å². The fraction of sp³-hybridized carbons (Fsp3) is 0.464. The first-order valence-electron chi connectivity index (χ1n) is 12.4. The molecule has 0 aromatic heterocycles. The zero-order valence-electron chi connectivity index (χ0n) is 20.6. The number of likely N-dealkylation sites (tertiary alicyclic amines) is 1. The van der Waals surface area contributed by atoms with Crippen LogP contribution in [0, 0.1) is 17.8 Å². The summed E-state index contributed by atoms with van der Waals surface area (Å²) in [5.41, 5.74) is 4.57. The predicted octanol–water partition coefficient (Wildman–Crippen LogP) is 4.51. The maximum absolute atomic E-state index is 13.4. The average Bonchev–Trinajstić information content (AvgIpc) is 3.37. The van der Waals surface area contributed by atoms with Crippen molar-refractivity contribution in [2.24, 2.45) is 17.8 Å². The molecule has 7 heteroatoms. The molecular formula is C28H34N2O5. The highest BCUT2D eigenvalue weighted by Gasteiger charge is 2.38. The van der Waals surface area contributed by atoms with E-state index in [0.29, 0.717) is 19.5 Å². The molecule has 1 aliphatic heterocycles. The minimum Gasteiger partial charge on any atom is -0.481 e. The first-order chi connectivity index (χ1) is 16.8. The van der Waals surface area contributed by atoms with Crippen LogP contribution in [-0.2, 0) is 14.3 Å². The summed E-state index contributed by atoms with van der Waals surface area (Å²) in [6.45, 7) is 6.95. The third kappa shape index (κ3) is 5.19. The van der Waals surface area contributed by atoms with E-state index in [1.807, 2.05) is 45.0 Å². The fourth-order valence-corrected chi connectivity index (χ4v) is 5.35. The Hall–Kier alpha value is -3.35. The highest BCUT2D eigenvalue weighted by molar-refractivity contribution is 5.86. The lowest BCUT2D eigenvalue weighted by Gasteiger charge is -2.28. The van der Waals surface area contributed by atoms with Gasteiger partial charge in [-0.2, -0.15) is 0 Å². The van der Waals surface area contributed by atoms with Gasteiger partial charge in [0, 0.05) is 19.0 Å². The van der Waals surface area contributed by atoms with Crippen LogP contribution < -0.4 is 5.32 Å². The number of ether oxygens (including phenoxy) is 1. The largest absolute Gasteiger partial charge is 0.481 e. The lowest BCUT2D eigenvalue weighted by atomic mass is 9.95. The molecule has 0 spiro atoms. The number of carboxylic acid groups (broad SMARTS) is 1. The van der Waals surface area contributed by atoms with Crippen LogP contribution in [0.4, 0.5) is 4.79 Å². The van der Waals surface area contributed by atoms with E-state index in [-0.39, 0.29) is 42.6 Å². The van der Waals surface area contributed by atoms with Gasteiger partial charge in [0.25, 0.3) is 0 Å². The Kier molecular flexibility index (Phi) is 7.43. The number of nitrogens with zero attached hydrogens (tertiary/aromatic N) is 1. The molecule has 1 fully saturated rings. The molecule has 35 heavy (non-hydrogen) atoms. The van der Waals surface area contributed by atoms with E-state index in [9.17, 15) is 14.4 Å². The highest BCUT2D eigenvalue weighted by Crippen LogP contribution is 2.44. The van der Waals surface area contributed by atoms with Crippen LogP contribution >= 0.6 is 0 Å². The lowest BCUT2D eigenvalue weighted by molar-refractivity contribution is -0.139. The number of benzene rings is 2. The summed E-state index contributed by atoms with van der Waals surface area (Å²) in [4.78, 5) is 39.1. The van der Waals surface area contributed by atoms with Crippen molar-refractivity contribution in [1.82, 2.24) is 10.2 Å². The van der Waals surface area contributed by atoms with Crippen molar-refractivity contribution in [1.29, 1.82) is 0 Å². The van der Waals surface area contributed by atoms with Crippen LogP contribution in [0.25, 0.3) is 11.1 Å². The van der Waals surface area contributed by atoms with Crippen molar-refractivity contribution < 1.29 is 24.2 Å². The van der Waals surface area contributed by atoms with Gasteiger partial charge in [0.1, 0.15) is 12.6 Å². The normalized spacial score (nSPS) is 20.6. The SMILES string of the molecule is CC[C@H](C)[C@H](NC(=O)OCC1c2ccccc2-c2ccccc21)C(=O)N1CC(C)C(CC(=O)O)C1. The molecule has 0 bridgehead atoms. The number of hydrogen-bond donors (Lipinski definition) is 2. The zero-order valence-corrected chi connectivity index (χ0v) is 20.6. The van der Waals surface area contributed by atoms with Crippen LogP contribution in [0.5, 0.6) is 0 Å². The van der Waals surface area contributed by atoms with Gasteiger partial charge in [-0.15, -0.1) is 0 Å². The minimum atomic E-state index is -0.855. The van der Waals surface area contributed by atoms with E-state index < -0.39 is 18.1 Å². The van der Waals surface area contributed by atoms with E-state index in [1.165, 1.54) is 0 Å². The molecule has 2 aromatic rings. The molecular weight excluding hydrogens is 444 g/mol. The number of alkyl carbamates (subject to hydrolysis) is 1. The van der Waals surface area contributed by atoms with E-state index >= 15 is 0 Å². The molecule has 2 N–H and O–H groups in total. The van der Waals surface area contributed by atoms with Gasteiger partial charge in [-0.25, -0.2) is 4.79 Å². The summed E-state index contributed by atoms with van der Waals surface area (Å²) >= 11 is 0. The standard InChI is InChI=1S/C28H34N2O5/c1-4-17(2)26(27(33)30-14-18(3)19(15-30)13-25(31)32)29-28(34)35-16-24-22-11-7-5-9-20(22)21-10-6-8-12-23(21)24/h5-12,17-19,24,26H,4,13-16H2,1-3H3,(H,29,34)(H,31,32)/t17-,18?,19?,26-/m0/s1. The first kappa shape index (κ1) is 24.8. The number of aliphatic carboxylic acids is 1. The van der Waals surface area contributed by atoms with Gasteiger partial charge < -0.3 is 20.1 Å². The Labute approximate surface area is 206 Å². The molecule has 7 nitrogen and oxygen atoms in total. The third-order valence-electron chi connectivity index (χ3n) is 7.61. The van der Waals surface area contributed by atoms with E-state index in [0.717, 1.165) is 22.3 Å². The molecule has 0 saturated carbocycles. The van der Waals surface area contributed by atoms with Crippen LogP contribution in [-0.4, -0.2) is 53.7 Å². The van der Waals surface area contributed by atoms with Crippen LogP contribution in [0.1, 0.15) is 50.7 Å². The van der Waals surface area contributed by atoms with E-state index in [1.54, 1.807) is 4.90 Å². The zero-order chi connectivity index (χ0) is 25.1. The van der Waals surface area contributed by atoms with E-state index in [2.05, 4.69) is 29.6 Å². The number of carbonyl (C=O) groups excluding carboxylic acids is 2. The van der Waals surface area contributed by atoms with Gasteiger partial charge in [-0.3, -0.25) is 9.59 Å². The van der Waals surface area contributed by atoms with Gasteiger partial charge in [0.15, 0.2) is 0 Å². The molecule has 0 radical (unpaired) electrons. The lowest BCUT2D eigenvalue weighted by Crippen LogP contribution is -2.51. The summed E-state index contributed by atoms with van der Waals surface area (Å²) in [6.07, 6.45) is 0.140. The Morgan fingerprint density at radius 2 is 1.66 bits per heavy atom. The summed E-state index contributed by atoms with van der Waals surface area (Å²) in [6, 6.07) is 15.6.